The first kappa shape index (κ1) is 12.1. The van der Waals surface area contributed by atoms with Gasteiger partial charge in [0, 0.05) is 10.8 Å². The molecule has 1 saturated carbocycles. The average molecular weight is 293 g/mol. The molecule has 1 unspecified atom stereocenters. The number of fused-ring (bicyclic) bond motifs is 3. The van der Waals surface area contributed by atoms with Gasteiger partial charge in [-0.05, 0) is 43.1 Å². The van der Waals surface area contributed by atoms with Crippen LogP contribution in [-0.2, 0) is 12.8 Å². The van der Waals surface area contributed by atoms with E-state index in [1.54, 1.807) is 0 Å². The molecule has 0 spiro atoms. The van der Waals surface area contributed by atoms with Crippen LogP contribution in [0.25, 0.3) is 10.2 Å². The summed E-state index contributed by atoms with van der Waals surface area (Å²) >= 11 is 8.30. The van der Waals surface area contributed by atoms with Crippen LogP contribution in [0.4, 0.5) is 0 Å². The fourth-order valence-corrected chi connectivity index (χ4v) is 4.81. The Labute approximate surface area is 122 Å². The predicted octanol–water partition coefficient (Wildman–Crippen LogP) is 4.74. The summed E-state index contributed by atoms with van der Waals surface area (Å²) in [4.78, 5) is 12.0. The summed E-state index contributed by atoms with van der Waals surface area (Å²) in [5.41, 5.74) is 1.78. The van der Waals surface area contributed by atoms with Gasteiger partial charge in [0.05, 0.1) is 5.39 Å². The lowest BCUT2D eigenvalue weighted by Crippen LogP contribution is -2.00. The molecule has 1 atom stereocenters. The summed E-state index contributed by atoms with van der Waals surface area (Å²) in [6, 6.07) is 0. The molecular weight excluding hydrogens is 276 g/mol. The Bertz CT molecular complexity index is 674. The largest absolute Gasteiger partial charge is 0.222 e. The summed E-state index contributed by atoms with van der Waals surface area (Å²) < 4.78 is 0. The summed E-state index contributed by atoms with van der Waals surface area (Å²) in [5.74, 6) is 1.45. The van der Waals surface area contributed by atoms with E-state index in [-0.39, 0.29) is 0 Å². The first-order valence-corrected chi connectivity index (χ1v) is 8.23. The van der Waals surface area contributed by atoms with Gasteiger partial charge in [0.2, 0.25) is 0 Å². The highest BCUT2D eigenvalue weighted by molar-refractivity contribution is 7.19. The van der Waals surface area contributed by atoms with Gasteiger partial charge >= 0.3 is 0 Å². The second kappa shape index (κ2) is 3.92. The Morgan fingerprint density at radius 1 is 1.21 bits per heavy atom. The molecule has 1 fully saturated rings. The molecule has 4 heteroatoms. The average Bonchev–Trinajstić information content (AvgIpc) is 2.84. The molecule has 0 saturated heterocycles. The molecule has 0 amide bonds. The van der Waals surface area contributed by atoms with E-state index in [1.807, 2.05) is 11.3 Å². The minimum Gasteiger partial charge on any atom is -0.222 e. The molecule has 2 nitrogen and oxygen atoms in total. The maximum atomic E-state index is 6.46. The van der Waals surface area contributed by atoms with Crippen molar-refractivity contribution in [2.45, 2.75) is 51.9 Å². The second-order valence-corrected chi connectivity index (χ2v) is 7.95. The molecule has 0 radical (unpaired) electrons. The molecule has 100 valence electrons. The molecular formula is C15H17ClN2S. The van der Waals surface area contributed by atoms with Gasteiger partial charge in [0.1, 0.15) is 15.8 Å². The molecule has 2 aliphatic rings. The van der Waals surface area contributed by atoms with Crippen molar-refractivity contribution in [3.05, 3.63) is 21.4 Å². The van der Waals surface area contributed by atoms with Gasteiger partial charge < -0.3 is 0 Å². The highest BCUT2D eigenvalue weighted by Gasteiger charge is 2.48. The Kier molecular flexibility index (Phi) is 2.50. The van der Waals surface area contributed by atoms with Crippen molar-refractivity contribution >= 4 is 33.2 Å². The number of aryl methyl sites for hydroxylation is 2. The lowest BCUT2D eigenvalue weighted by Gasteiger charge is -2.10. The normalized spacial score (nSPS) is 24.5. The highest BCUT2D eigenvalue weighted by atomic mass is 35.5. The van der Waals surface area contributed by atoms with Crippen LogP contribution in [0, 0.1) is 5.41 Å². The van der Waals surface area contributed by atoms with Crippen molar-refractivity contribution in [1.29, 1.82) is 0 Å². The minimum atomic E-state index is 0.355. The smallest absolute Gasteiger partial charge is 0.141 e. The maximum Gasteiger partial charge on any atom is 0.141 e. The highest BCUT2D eigenvalue weighted by Crippen LogP contribution is 2.58. The zero-order valence-electron chi connectivity index (χ0n) is 11.3. The van der Waals surface area contributed by atoms with Gasteiger partial charge in [-0.1, -0.05) is 25.4 Å². The summed E-state index contributed by atoms with van der Waals surface area (Å²) in [5, 5.41) is 1.82. The number of thiophene rings is 1. The topological polar surface area (TPSA) is 25.8 Å². The maximum absolute atomic E-state index is 6.46. The third kappa shape index (κ3) is 1.82. The summed E-state index contributed by atoms with van der Waals surface area (Å²) in [6.45, 7) is 4.55. The zero-order valence-corrected chi connectivity index (χ0v) is 12.9. The van der Waals surface area contributed by atoms with Crippen molar-refractivity contribution in [2.24, 2.45) is 5.41 Å². The van der Waals surface area contributed by atoms with Crippen molar-refractivity contribution in [3.8, 4) is 0 Å². The number of rotatable bonds is 1. The van der Waals surface area contributed by atoms with Gasteiger partial charge in [-0.15, -0.1) is 11.3 Å². The van der Waals surface area contributed by atoms with Crippen LogP contribution in [0.15, 0.2) is 0 Å². The SMILES string of the molecule is CC1(C)CC1c1nc(Cl)c2c3c(sc2n1)CCCC3. The molecule has 19 heavy (non-hydrogen) atoms. The standard InChI is InChI=1S/C15H17ClN2S/c1-15(2)7-9(15)13-17-12(16)11-8-5-3-4-6-10(8)19-14(11)18-13/h9H,3-7H2,1-2H3. The van der Waals surface area contributed by atoms with Crippen LogP contribution >= 0.6 is 22.9 Å². The number of hydrogen-bond acceptors (Lipinski definition) is 3. The summed E-state index contributed by atoms with van der Waals surface area (Å²) in [7, 11) is 0. The van der Waals surface area contributed by atoms with E-state index in [0.717, 1.165) is 22.5 Å². The molecule has 0 N–H and O–H groups in total. The minimum absolute atomic E-state index is 0.355. The van der Waals surface area contributed by atoms with Gasteiger partial charge in [0.25, 0.3) is 0 Å². The van der Waals surface area contributed by atoms with Gasteiger partial charge in [0.15, 0.2) is 0 Å². The van der Waals surface area contributed by atoms with E-state index in [0.29, 0.717) is 16.5 Å². The van der Waals surface area contributed by atoms with Crippen LogP contribution in [-0.4, -0.2) is 9.97 Å². The molecule has 2 aromatic rings. The van der Waals surface area contributed by atoms with Gasteiger partial charge in [-0.3, -0.25) is 0 Å². The summed E-state index contributed by atoms with van der Waals surface area (Å²) in [6.07, 6.45) is 6.09. The van der Waals surface area contributed by atoms with Crippen LogP contribution in [0.1, 0.15) is 55.3 Å². The predicted molar refractivity (Wildman–Crippen MR) is 80.2 cm³/mol. The molecule has 4 rings (SSSR count). The number of hydrogen-bond donors (Lipinski definition) is 0. The van der Waals surface area contributed by atoms with E-state index in [9.17, 15) is 0 Å². The Hall–Kier alpha value is -0.670. The number of halogens is 1. The first-order chi connectivity index (χ1) is 9.06. The number of aromatic nitrogens is 2. The van der Waals surface area contributed by atoms with Crippen LogP contribution in [0.3, 0.4) is 0 Å². The lowest BCUT2D eigenvalue weighted by molar-refractivity contribution is 0.609. The molecule has 2 aromatic heterocycles. The third-order valence-electron chi connectivity index (χ3n) is 4.61. The van der Waals surface area contributed by atoms with Crippen molar-refractivity contribution in [1.82, 2.24) is 9.97 Å². The van der Waals surface area contributed by atoms with Gasteiger partial charge in [-0.2, -0.15) is 0 Å². The molecule has 2 heterocycles. The van der Waals surface area contributed by atoms with Crippen LogP contribution in [0.5, 0.6) is 0 Å². The van der Waals surface area contributed by atoms with Crippen LogP contribution < -0.4 is 0 Å². The molecule has 0 bridgehead atoms. The molecule has 0 aromatic carbocycles. The zero-order chi connectivity index (χ0) is 13.2. The fourth-order valence-electron chi connectivity index (χ4n) is 3.19. The van der Waals surface area contributed by atoms with Crippen molar-refractivity contribution in [3.63, 3.8) is 0 Å². The van der Waals surface area contributed by atoms with E-state index in [4.69, 9.17) is 16.6 Å². The second-order valence-electron chi connectivity index (χ2n) is 6.51. The van der Waals surface area contributed by atoms with E-state index < -0.39 is 0 Å². The first-order valence-electron chi connectivity index (χ1n) is 7.04. The third-order valence-corrected chi connectivity index (χ3v) is 6.07. The molecule has 2 aliphatic carbocycles. The van der Waals surface area contributed by atoms with Gasteiger partial charge in [-0.25, -0.2) is 9.97 Å². The van der Waals surface area contributed by atoms with Crippen molar-refractivity contribution in [2.75, 3.05) is 0 Å². The van der Waals surface area contributed by atoms with Crippen LogP contribution in [0.2, 0.25) is 5.15 Å². The monoisotopic (exact) mass is 292 g/mol. The Morgan fingerprint density at radius 3 is 2.68 bits per heavy atom. The molecule has 0 aliphatic heterocycles. The van der Waals surface area contributed by atoms with E-state index >= 15 is 0 Å². The Balaban J connectivity index is 1.88. The van der Waals surface area contributed by atoms with Crippen molar-refractivity contribution < 1.29 is 0 Å². The quantitative estimate of drug-likeness (QED) is 0.710. The number of nitrogens with zero attached hydrogens (tertiary/aromatic N) is 2. The van der Waals surface area contributed by atoms with E-state index in [2.05, 4.69) is 18.8 Å². The fraction of sp³-hybridized carbons (Fsp3) is 0.600. The van der Waals surface area contributed by atoms with E-state index in [1.165, 1.54) is 36.1 Å². The Morgan fingerprint density at radius 2 is 1.95 bits per heavy atom. The lowest BCUT2D eigenvalue weighted by atomic mass is 9.97.